The maximum absolute atomic E-state index is 4.55. The average Bonchev–Trinajstić information content (AvgIpc) is 2.42. The van der Waals surface area contributed by atoms with Crippen molar-refractivity contribution in [3.05, 3.63) is 56.9 Å². The van der Waals surface area contributed by atoms with Crippen LogP contribution in [0.25, 0.3) is 0 Å². The van der Waals surface area contributed by atoms with E-state index in [1.807, 2.05) is 0 Å². The molecule has 0 unspecified atom stereocenters. The SMILES string of the molecule is Cc1cc(C)c([C@H](C)Cc2nnc(C(C)C)c(C)c2C)c(C)c1. The number of nitrogens with zero attached hydrogens (tertiary/aromatic N) is 2. The monoisotopic (exact) mass is 310 g/mol. The molecule has 0 bridgehead atoms. The molecule has 0 fully saturated rings. The quantitative estimate of drug-likeness (QED) is 0.746. The fourth-order valence-electron chi connectivity index (χ4n) is 3.78. The van der Waals surface area contributed by atoms with E-state index in [9.17, 15) is 0 Å². The van der Waals surface area contributed by atoms with Crippen molar-refractivity contribution in [1.82, 2.24) is 10.2 Å². The van der Waals surface area contributed by atoms with E-state index in [4.69, 9.17) is 0 Å². The Morgan fingerprint density at radius 3 is 1.91 bits per heavy atom. The van der Waals surface area contributed by atoms with E-state index in [-0.39, 0.29) is 0 Å². The van der Waals surface area contributed by atoms with E-state index in [1.54, 1.807) is 0 Å². The van der Waals surface area contributed by atoms with Gasteiger partial charge in [0.15, 0.2) is 0 Å². The lowest BCUT2D eigenvalue weighted by molar-refractivity contribution is 0.688. The number of benzene rings is 1. The summed E-state index contributed by atoms with van der Waals surface area (Å²) in [6.07, 6.45) is 0.947. The van der Waals surface area contributed by atoms with E-state index in [2.05, 4.69) is 77.7 Å². The van der Waals surface area contributed by atoms with Gasteiger partial charge in [0.2, 0.25) is 0 Å². The van der Waals surface area contributed by atoms with Gasteiger partial charge in [0, 0.05) is 0 Å². The van der Waals surface area contributed by atoms with Crippen LogP contribution in [-0.2, 0) is 6.42 Å². The molecular weight excluding hydrogens is 280 g/mol. The molecule has 2 heteroatoms. The third-order valence-corrected chi connectivity index (χ3v) is 4.94. The van der Waals surface area contributed by atoms with Crippen molar-refractivity contribution in [2.24, 2.45) is 0 Å². The average molecular weight is 310 g/mol. The first kappa shape index (κ1) is 17.7. The van der Waals surface area contributed by atoms with Gasteiger partial charge in [-0.25, -0.2) is 0 Å². The van der Waals surface area contributed by atoms with Gasteiger partial charge in [0.25, 0.3) is 0 Å². The van der Waals surface area contributed by atoms with Crippen LogP contribution in [0.15, 0.2) is 12.1 Å². The second kappa shape index (κ2) is 6.82. The number of aryl methyl sites for hydroxylation is 3. The van der Waals surface area contributed by atoms with Crippen LogP contribution >= 0.6 is 0 Å². The van der Waals surface area contributed by atoms with E-state index in [0.717, 1.165) is 17.8 Å². The maximum Gasteiger partial charge on any atom is 0.0688 e. The second-order valence-electron chi connectivity index (χ2n) is 7.35. The van der Waals surface area contributed by atoms with Crippen LogP contribution in [0.2, 0.25) is 0 Å². The Morgan fingerprint density at radius 2 is 1.39 bits per heavy atom. The molecule has 23 heavy (non-hydrogen) atoms. The zero-order chi connectivity index (χ0) is 17.3. The molecule has 0 saturated heterocycles. The van der Waals surface area contributed by atoms with E-state index in [1.165, 1.54) is 33.4 Å². The molecule has 1 atom stereocenters. The van der Waals surface area contributed by atoms with Crippen LogP contribution in [0.3, 0.4) is 0 Å². The van der Waals surface area contributed by atoms with E-state index in [0.29, 0.717) is 11.8 Å². The molecule has 0 aliphatic carbocycles. The lowest BCUT2D eigenvalue weighted by atomic mass is 9.86. The molecule has 0 radical (unpaired) electrons. The predicted molar refractivity (Wildman–Crippen MR) is 98.4 cm³/mol. The highest BCUT2D eigenvalue weighted by Gasteiger charge is 2.17. The first-order valence-corrected chi connectivity index (χ1v) is 8.62. The molecule has 0 N–H and O–H groups in total. The molecule has 0 aliphatic rings. The molecule has 0 amide bonds. The molecular formula is C21H30N2. The van der Waals surface area contributed by atoms with Crippen LogP contribution in [0.4, 0.5) is 0 Å². The molecule has 0 saturated carbocycles. The fraction of sp³-hybridized carbons (Fsp3) is 0.524. The number of hydrogen-bond acceptors (Lipinski definition) is 2. The first-order valence-electron chi connectivity index (χ1n) is 8.62. The van der Waals surface area contributed by atoms with Gasteiger partial charge in [0.05, 0.1) is 11.4 Å². The zero-order valence-corrected chi connectivity index (χ0v) is 15.9. The summed E-state index contributed by atoms with van der Waals surface area (Å²) in [7, 11) is 0. The van der Waals surface area contributed by atoms with Gasteiger partial charge < -0.3 is 0 Å². The fourth-order valence-corrected chi connectivity index (χ4v) is 3.78. The number of hydrogen-bond donors (Lipinski definition) is 0. The third-order valence-electron chi connectivity index (χ3n) is 4.94. The highest BCUT2D eigenvalue weighted by Crippen LogP contribution is 2.29. The van der Waals surface area contributed by atoms with Gasteiger partial charge in [0.1, 0.15) is 0 Å². The Morgan fingerprint density at radius 1 is 0.826 bits per heavy atom. The van der Waals surface area contributed by atoms with Crippen LogP contribution < -0.4 is 0 Å². The van der Waals surface area contributed by atoms with Crippen molar-refractivity contribution < 1.29 is 0 Å². The lowest BCUT2D eigenvalue weighted by Gasteiger charge is -2.20. The van der Waals surface area contributed by atoms with Gasteiger partial charge in [-0.3, -0.25) is 0 Å². The minimum Gasteiger partial charge on any atom is -0.155 e. The summed E-state index contributed by atoms with van der Waals surface area (Å²) >= 11 is 0. The van der Waals surface area contributed by atoms with Crippen molar-refractivity contribution in [3.8, 4) is 0 Å². The highest BCUT2D eigenvalue weighted by atomic mass is 15.1. The minimum atomic E-state index is 0.425. The normalized spacial score (nSPS) is 12.7. The molecule has 2 nitrogen and oxygen atoms in total. The second-order valence-corrected chi connectivity index (χ2v) is 7.35. The minimum absolute atomic E-state index is 0.425. The smallest absolute Gasteiger partial charge is 0.0688 e. The Balaban J connectivity index is 2.35. The summed E-state index contributed by atoms with van der Waals surface area (Å²) in [5, 5.41) is 9.05. The molecule has 2 rings (SSSR count). The van der Waals surface area contributed by atoms with Crippen molar-refractivity contribution in [1.29, 1.82) is 0 Å². The van der Waals surface area contributed by atoms with Crippen LogP contribution in [0.1, 0.15) is 77.4 Å². The van der Waals surface area contributed by atoms with Crippen molar-refractivity contribution in [3.63, 3.8) is 0 Å². The van der Waals surface area contributed by atoms with Crippen molar-refractivity contribution in [2.45, 2.75) is 73.6 Å². The predicted octanol–water partition coefficient (Wildman–Crippen LogP) is 5.49. The van der Waals surface area contributed by atoms with Crippen LogP contribution in [-0.4, -0.2) is 10.2 Å². The van der Waals surface area contributed by atoms with Gasteiger partial charge >= 0.3 is 0 Å². The van der Waals surface area contributed by atoms with E-state index < -0.39 is 0 Å². The number of aromatic nitrogens is 2. The molecule has 124 valence electrons. The van der Waals surface area contributed by atoms with Crippen molar-refractivity contribution in [2.75, 3.05) is 0 Å². The summed E-state index contributed by atoms with van der Waals surface area (Å²) in [5.74, 6) is 0.877. The Hall–Kier alpha value is -1.70. The molecule has 2 aromatic rings. The Kier molecular flexibility index (Phi) is 5.23. The summed E-state index contributed by atoms with van der Waals surface area (Å²) in [6.45, 7) is 17.6. The van der Waals surface area contributed by atoms with Gasteiger partial charge in [-0.1, -0.05) is 38.5 Å². The lowest BCUT2D eigenvalue weighted by Crippen LogP contribution is -2.11. The molecule has 1 aromatic carbocycles. The van der Waals surface area contributed by atoms with Crippen LogP contribution in [0, 0.1) is 34.6 Å². The summed E-state index contributed by atoms with van der Waals surface area (Å²) in [4.78, 5) is 0. The first-order chi connectivity index (χ1) is 10.7. The highest BCUT2D eigenvalue weighted by molar-refractivity contribution is 5.41. The summed E-state index contributed by atoms with van der Waals surface area (Å²) < 4.78 is 0. The Bertz CT molecular complexity index is 691. The standard InChI is InChI=1S/C21H30N2/c1-12(2)21-18(8)17(7)19(22-23-21)11-16(6)20-14(4)9-13(3)10-15(20)5/h9-10,12,16H,11H2,1-8H3/t16-/m1/s1. The topological polar surface area (TPSA) is 25.8 Å². The van der Waals surface area contributed by atoms with E-state index >= 15 is 0 Å². The third kappa shape index (κ3) is 3.63. The molecule has 1 heterocycles. The Labute approximate surface area is 141 Å². The molecule has 0 aliphatic heterocycles. The van der Waals surface area contributed by atoms with Gasteiger partial charge in [-0.05, 0) is 80.7 Å². The number of rotatable bonds is 4. The molecule has 1 aromatic heterocycles. The summed E-state index contributed by atoms with van der Waals surface area (Å²) in [5.41, 5.74) is 10.4. The van der Waals surface area contributed by atoms with Crippen molar-refractivity contribution >= 4 is 0 Å². The van der Waals surface area contributed by atoms with Crippen LogP contribution in [0.5, 0.6) is 0 Å². The molecule has 0 spiro atoms. The largest absolute Gasteiger partial charge is 0.155 e. The maximum atomic E-state index is 4.55. The zero-order valence-electron chi connectivity index (χ0n) is 15.9. The van der Waals surface area contributed by atoms with Gasteiger partial charge in [-0.15, -0.1) is 0 Å². The van der Waals surface area contributed by atoms with Gasteiger partial charge in [-0.2, -0.15) is 10.2 Å². The summed E-state index contributed by atoms with van der Waals surface area (Å²) in [6, 6.07) is 4.56.